The second-order valence-electron chi connectivity index (χ2n) is 11.3. The number of likely N-dealkylation sites (N-methyl/N-ethyl adjacent to an activating group) is 2. The van der Waals surface area contributed by atoms with Gasteiger partial charge in [-0.1, -0.05) is 12.1 Å². The minimum Gasteiger partial charge on any atom is -0.507 e. The van der Waals surface area contributed by atoms with E-state index in [0.717, 1.165) is 4.90 Å². The second kappa shape index (κ2) is 17.8. The van der Waals surface area contributed by atoms with Gasteiger partial charge in [-0.25, -0.2) is 0 Å². The highest BCUT2D eigenvalue weighted by Gasteiger charge is 2.32. The number of aliphatic hydroxyl groups excluding tert-OH is 3. The van der Waals surface area contributed by atoms with Crippen molar-refractivity contribution in [2.75, 3.05) is 53.6 Å². The molecule has 0 saturated carbocycles. The molecular weight excluding hydrogens is 646 g/mol. The average Bonchev–Trinajstić information content (AvgIpc) is 3.08. The fourth-order valence-electron chi connectivity index (χ4n) is 5.03. The van der Waals surface area contributed by atoms with Gasteiger partial charge in [0.05, 0.1) is 45.5 Å². The molecule has 4 bridgehead atoms. The van der Waals surface area contributed by atoms with Crippen LogP contribution in [0.3, 0.4) is 0 Å². The maximum absolute atomic E-state index is 13.6. The largest absolute Gasteiger partial charge is 0.507 e. The summed E-state index contributed by atoms with van der Waals surface area (Å²) in [5.41, 5.74) is 0.702. The lowest BCUT2D eigenvalue weighted by atomic mass is 9.88. The quantitative estimate of drug-likeness (QED) is 0.0995. The zero-order chi connectivity index (χ0) is 36.2. The Morgan fingerprint density at radius 3 is 2.39 bits per heavy atom. The van der Waals surface area contributed by atoms with E-state index in [2.05, 4.69) is 31.9 Å². The van der Waals surface area contributed by atoms with Crippen LogP contribution >= 0.6 is 0 Å². The van der Waals surface area contributed by atoms with Gasteiger partial charge in [-0.15, -0.1) is 0 Å². The van der Waals surface area contributed by atoms with Crippen LogP contribution in [0.5, 0.6) is 5.75 Å². The van der Waals surface area contributed by atoms with Crippen LogP contribution in [0.4, 0.5) is 0 Å². The molecule has 10 N–H and O–H groups in total. The van der Waals surface area contributed by atoms with Gasteiger partial charge >= 0.3 is 0 Å². The van der Waals surface area contributed by atoms with Gasteiger partial charge in [-0.2, -0.15) is 0 Å². The van der Waals surface area contributed by atoms with E-state index < -0.39 is 105 Å². The zero-order valence-corrected chi connectivity index (χ0v) is 26.9. The van der Waals surface area contributed by atoms with Gasteiger partial charge in [0, 0.05) is 31.0 Å². The Labute approximate surface area is 281 Å². The van der Waals surface area contributed by atoms with Crippen molar-refractivity contribution in [2.24, 2.45) is 0 Å². The molecule has 18 heteroatoms. The van der Waals surface area contributed by atoms with Crippen LogP contribution in [-0.2, 0) is 33.6 Å². The molecule has 0 radical (unpaired) electrons. The van der Waals surface area contributed by atoms with Gasteiger partial charge in [0.1, 0.15) is 23.9 Å². The van der Waals surface area contributed by atoms with Crippen molar-refractivity contribution in [1.82, 2.24) is 36.8 Å². The van der Waals surface area contributed by atoms with E-state index >= 15 is 0 Å². The predicted molar refractivity (Wildman–Crippen MR) is 171 cm³/mol. The van der Waals surface area contributed by atoms with Crippen molar-refractivity contribution in [2.45, 2.75) is 37.0 Å². The summed E-state index contributed by atoms with van der Waals surface area (Å²) in [6, 6.07) is -0.707. The zero-order valence-electron chi connectivity index (χ0n) is 26.9. The van der Waals surface area contributed by atoms with Crippen LogP contribution in [0.2, 0.25) is 0 Å². The Hall–Kier alpha value is -5.17. The number of aliphatic hydroxyl groups is 3. The first kappa shape index (κ1) is 38.3. The first-order chi connectivity index (χ1) is 23.3. The lowest BCUT2D eigenvalue weighted by Gasteiger charge is -2.29. The third-order valence-corrected chi connectivity index (χ3v) is 7.84. The Balaban J connectivity index is 1.91. The number of nitrogens with zero attached hydrogens (tertiary/aromatic N) is 1. The van der Waals surface area contributed by atoms with Crippen molar-refractivity contribution in [3.8, 4) is 5.75 Å². The van der Waals surface area contributed by atoms with E-state index in [1.54, 1.807) is 6.08 Å². The van der Waals surface area contributed by atoms with Crippen molar-refractivity contribution in [1.29, 1.82) is 0 Å². The van der Waals surface area contributed by atoms with Gasteiger partial charge in [-0.05, 0) is 36.4 Å². The minimum atomic E-state index is -1.44. The number of amides is 6. The number of ketones is 1. The third kappa shape index (κ3) is 10.2. The van der Waals surface area contributed by atoms with E-state index in [9.17, 15) is 54.0 Å². The molecule has 1 heterocycles. The Bertz CT molecular complexity index is 1520. The average molecular weight is 688 g/mol. The molecule has 3 atom stereocenters. The SMILES string of the molecule is CNC(CO)C(=O)NCC(=O)NCC(=O)N(C)C1C(=O)NCC(=O)NC(C(=O)NC(CO)CO)CC2=CCC(=O)C(=C2)c2cc1ccc2O. The molecule has 0 fully saturated rings. The van der Waals surface area contributed by atoms with Crippen molar-refractivity contribution in [3.05, 3.63) is 47.1 Å². The maximum atomic E-state index is 13.6. The molecule has 1 aromatic rings. The van der Waals surface area contributed by atoms with Gasteiger partial charge in [0.2, 0.25) is 35.4 Å². The summed E-state index contributed by atoms with van der Waals surface area (Å²) >= 11 is 0. The van der Waals surface area contributed by atoms with Gasteiger partial charge < -0.3 is 57.2 Å². The van der Waals surface area contributed by atoms with E-state index in [4.69, 9.17) is 0 Å². The number of aromatic hydroxyl groups is 1. The molecular formula is C31H41N7O11. The highest BCUT2D eigenvalue weighted by molar-refractivity contribution is 6.23. The van der Waals surface area contributed by atoms with Crippen LogP contribution in [-0.4, -0.2) is 138 Å². The fourth-order valence-corrected chi connectivity index (χ4v) is 5.03. The number of rotatable bonds is 12. The number of benzene rings is 1. The number of carbonyl (C=O) groups is 7. The van der Waals surface area contributed by atoms with Crippen LogP contribution in [0.15, 0.2) is 35.9 Å². The number of allylic oxidation sites excluding steroid dienone is 3. The molecule has 1 aromatic carbocycles. The summed E-state index contributed by atoms with van der Waals surface area (Å²) in [5, 5.41) is 53.3. The molecule has 6 amide bonds. The number of nitrogens with one attached hydrogen (secondary N) is 6. The van der Waals surface area contributed by atoms with Crippen molar-refractivity contribution < 1.29 is 54.0 Å². The number of phenols is 1. The molecule has 2 aliphatic rings. The minimum absolute atomic E-state index is 0.0428. The number of fused-ring (bicyclic) bond motifs is 4. The Morgan fingerprint density at radius 2 is 1.73 bits per heavy atom. The molecule has 49 heavy (non-hydrogen) atoms. The van der Waals surface area contributed by atoms with Gasteiger partial charge in [0.15, 0.2) is 5.78 Å². The first-order valence-electron chi connectivity index (χ1n) is 15.3. The maximum Gasteiger partial charge on any atom is 0.247 e. The van der Waals surface area contributed by atoms with E-state index in [1.807, 2.05) is 0 Å². The normalized spacial score (nSPS) is 18.5. The summed E-state index contributed by atoms with van der Waals surface area (Å²) in [6.07, 6.45) is 2.78. The topological polar surface area (TPSA) is 276 Å². The van der Waals surface area contributed by atoms with Crippen LogP contribution in [0.25, 0.3) is 5.57 Å². The van der Waals surface area contributed by atoms with Gasteiger partial charge in [0.25, 0.3) is 0 Å². The summed E-state index contributed by atoms with van der Waals surface area (Å²) < 4.78 is 0. The number of Topliss-reactive ketones (excluding diaryl/α,β-unsaturated/α-hetero) is 1. The van der Waals surface area contributed by atoms with E-state index in [0.29, 0.717) is 5.57 Å². The van der Waals surface area contributed by atoms with Crippen LogP contribution in [0.1, 0.15) is 30.0 Å². The number of carbonyl (C=O) groups excluding carboxylic acids is 7. The van der Waals surface area contributed by atoms with Gasteiger partial charge in [-0.3, -0.25) is 33.6 Å². The standard InChI is InChI=1S/C31H41N7O11/c1-32-22(15-41)29(47)34-10-25(44)33-12-27(46)38(2)28-17-4-6-24(43)20(9-17)19-7-16(3-5-23(19)42)8-21(30(48)36-18(13-39)14-40)37-26(45)11-35-31(28)49/h3-4,6-7,9,18,21-22,28,32,39-41,43H,5,8,10-15H2,1-2H3,(H,33,44)(H,34,47)(H,35,49)(H,36,48)(H,37,45). The molecule has 3 rings (SSSR count). The van der Waals surface area contributed by atoms with Crippen LogP contribution < -0.4 is 31.9 Å². The lowest BCUT2D eigenvalue weighted by Crippen LogP contribution is -2.53. The molecule has 1 aliphatic carbocycles. The molecule has 0 spiro atoms. The van der Waals surface area contributed by atoms with Crippen molar-refractivity contribution in [3.63, 3.8) is 0 Å². The molecule has 3 unspecified atom stereocenters. The molecule has 0 saturated heterocycles. The van der Waals surface area contributed by atoms with Crippen LogP contribution in [0, 0.1) is 0 Å². The number of hydrogen-bond acceptors (Lipinski definition) is 12. The summed E-state index contributed by atoms with van der Waals surface area (Å²) in [4.78, 5) is 91.2. The highest BCUT2D eigenvalue weighted by Crippen LogP contribution is 2.34. The monoisotopic (exact) mass is 687 g/mol. The molecule has 18 nitrogen and oxygen atoms in total. The van der Waals surface area contributed by atoms with E-state index in [-0.39, 0.29) is 35.3 Å². The Kier molecular flexibility index (Phi) is 13.9. The molecule has 1 aliphatic heterocycles. The Morgan fingerprint density at radius 1 is 1.02 bits per heavy atom. The predicted octanol–water partition coefficient (Wildman–Crippen LogP) is -4.54. The summed E-state index contributed by atoms with van der Waals surface area (Å²) in [6.45, 7) is -3.41. The fraction of sp³-hybridized carbons (Fsp3) is 0.452. The first-order valence-corrected chi connectivity index (χ1v) is 15.3. The molecule has 266 valence electrons. The number of phenolic OH excluding ortho intramolecular Hbond substituents is 1. The molecule has 0 aromatic heterocycles. The smallest absolute Gasteiger partial charge is 0.247 e. The summed E-state index contributed by atoms with van der Waals surface area (Å²) in [5.74, 6) is -5.25. The highest BCUT2D eigenvalue weighted by atomic mass is 16.3. The third-order valence-electron chi connectivity index (χ3n) is 7.84. The van der Waals surface area contributed by atoms with Crippen molar-refractivity contribution >= 4 is 46.8 Å². The lowest BCUT2D eigenvalue weighted by molar-refractivity contribution is -0.140. The number of hydrogen-bond donors (Lipinski definition) is 10. The second-order valence-corrected chi connectivity index (χ2v) is 11.3. The summed E-state index contributed by atoms with van der Waals surface area (Å²) in [7, 11) is 2.71. The van der Waals surface area contributed by atoms with E-state index in [1.165, 1.54) is 38.4 Å².